The molecule has 40 heavy (non-hydrogen) atoms. The molecular weight excluding hydrogens is 544 g/mol. The molecule has 3 aromatic carbocycles. The number of nitrogens with zero attached hydrogens (tertiary/aromatic N) is 1. The van der Waals surface area contributed by atoms with E-state index in [9.17, 15) is 13.2 Å². The molecule has 2 heterocycles. The van der Waals surface area contributed by atoms with Gasteiger partial charge < -0.3 is 15.8 Å². The van der Waals surface area contributed by atoms with Crippen molar-refractivity contribution in [2.75, 3.05) is 19.4 Å². The number of carbonyl (C=O) groups excluding carboxylic acids is 1. The number of benzene rings is 3. The lowest BCUT2D eigenvalue weighted by molar-refractivity contribution is 0.0959. The van der Waals surface area contributed by atoms with E-state index in [2.05, 4.69) is 5.32 Å². The van der Waals surface area contributed by atoms with Crippen LogP contribution in [-0.4, -0.2) is 33.0 Å². The number of thiophene rings is 1. The number of aromatic nitrogens is 1. The number of primary sulfonamides is 1. The Kier molecular flexibility index (Phi) is 7.57. The molecule has 0 saturated heterocycles. The van der Waals surface area contributed by atoms with Crippen molar-refractivity contribution in [3.05, 3.63) is 94.9 Å². The van der Waals surface area contributed by atoms with Gasteiger partial charge in [-0.05, 0) is 72.5 Å². The molecule has 0 aliphatic heterocycles. The summed E-state index contributed by atoms with van der Waals surface area (Å²) in [6.45, 7) is 2.38. The van der Waals surface area contributed by atoms with E-state index in [1.54, 1.807) is 19.2 Å². The molecule has 204 valence electrons. The molecular formula is C30H28N4O4S2. The van der Waals surface area contributed by atoms with Gasteiger partial charge in [0, 0.05) is 17.5 Å². The fourth-order valence-corrected chi connectivity index (χ4v) is 5.96. The molecule has 0 radical (unpaired) electrons. The summed E-state index contributed by atoms with van der Waals surface area (Å²) < 4.78 is 28.2. The first-order valence-corrected chi connectivity index (χ1v) is 14.8. The quantitative estimate of drug-likeness (QED) is 0.235. The van der Waals surface area contributed by atoms with Gasteiger partial charge in [-0.3, -0.25) is 4.79 Å². The number of hydrogen-bond acceptors (Lipinski definition) is 7. The van der Waals surface area contributed by atoms with Crippen molar-refractivity contribution in [3.63, 3.8) is 0 Å². The maximum atomic E-state index is 13.2. The van der Waals surface area contributed by atoms with E-state index in [4.69, 9.17) is 20.6 Å². The third-order valence-electron chi connectivity index (χ3n) is 6.60. The van der Waals surface area contributed by atoms with Crippen LogP contribution in [0.3, 0.4) is 0 Å². The lowest BCUT2D eigenvalue weighted by Gasteiger charge is -2.10. The zero-order valence-electron chi connectivity index (χ0n) is 22.0. The van der Waals surface area contributed by atoms with Crippen molar-refractivity contribution < 1.29 is 17.9 Å². The van der Waals surface area contributed by atoms with Crippen molar-refractivity contribution in [3.8, 4) is 28.1 Å². The van der Waals surface area contributed by atoms with Gasteiger partial charge >= 0.3 is 0 Å². The SMILES string of the molecule is COc1ccc(-c2cc(-c3ccc(C)cc3)c3c(N)c(C(=O)NCCc4ccc(S(N)(=O)=O)cc4)sc3n2)cc1. The molecule has 0 bridgehead atoms. The van der Waals surface area contributed by atoms with E-state index in [0.29, 0.717) is 28.4 Å². The summed E-state index contributed by atoms with van der Waals surface area (Å²) in [7, 11) is -2.13. The average molecular weight is 573 g/mol. The number of carbonyl (C=O) groups is 1. The normalized spacial score (nSPS) is 11.5. The second-order valence-corrected chi connectivity index (χ2v) is 11.9. The van der Waals surface area contributed by atoms with Gasteiger partial charge in [-0.15, -0.1) is 11.3 Å². The maximum Gasteiger partial charge on any atom is 0.263 e. The molecule has 0 fully saturated rings. The second-order valence-electron chi connectivity index (χ2n) is 9.37. The first-order valence-electron chi connectivity index (χ1n) is 12.5. The summed E-state index contributed by atoms with van der Waals surface area (Å²) in [5.74, 6) is 0.464. The number of pyridine rings is 1. The molecule has 0 unspecified atom stereocenters. The highest BCUT2D eigenvalue weighted by Crippen LogP contribution is 2.41. The summed E-state index contributed by atoms with van der Waals surface area (Å²) in [6, 6.07) is 24.1. The molecule has 0 saturated carbocycles. The van der Waals surface area contributed by atoms with E-state index >= 15 is 0 Å². The summed E-state index contributed by atoms with van der Waals surface area (Å²) in [5, 5.41) is 8.83. The Morgan fingerprint density at radius 1 is 0.975 bits per heavy atom. The Labute approximate surface area is 236 Å². The van der Waals surface area contributed by atoms with Crippen LogP contribution in [0.1, 0.15) is 20.8 Å². The van der Waals surface area contributed by atoms with Crippen LogP contribution in [0.15, 0.2) is 83.8 Å². The minimum Gasteiger partial charge on any atom is -0.497 e. The van der Waals surface area contributed by atoms with Crippen molar-refractivity contribution in [2.24, 2.45) is 5.14 Å². The molecule has 1 amide bonds. The van der Waals surface area contributed by atoms with Gasteiger partial charge in [-0.1, -0.05) is 42.0 Å². The summed E-state index contributed by atoms with van der Waals surface area (Å²) in [4.78, 5) is 19.2. The number of sulfonamides is 1. The van der Waals surface area contributed by atoms with Crippen molar-refractivity contribution in [1.29, 1.82) is 0 Å². The highest BCUT2D eigenvalue weighted by Gasteiger charge is 2.21. The summed E-state index contributed by atoms with van der Waals surface area (Å²) >= 11 is 1.26. The fraction of sp³-hybridized carbons (Fsp3) is 0.133. The Hall–Kier alpha value is -4.25. The van der Waals surface area contributed by atoms with Gasteiger partial charge in [0.25, 0.3) is 5.91 Å². The maximum absolute atomic E-state index is 13.2. The summed E-state index contributed by atoms with van der Waals surface area (Å²) in [5.41, 5.74) is 12.6. The Bertz CT molecular complexity index is 1800. The number of fused-ring (bicyclic) bond motifs is 1. The predicted octanol–water partition coefficient (Wildman–Crippen LogP) is 5.15. The van der Waals surface area contributed by atoms with Gasteiger partial charge in [0.2, 0.25) is 10.0 Å². The average Bonchev–Trinajstić information content (AvgIpc) is 3.29. The molecule has 5 aromatic rings. The van der Waals surface area contributed by atoms with Gasteiger partial charge in [-0.25, -0.2) is 18.5 Å². The first kappa shape index (κ1) is 27.3. The van der Waals surface area contributed by atoms with E-state index in [0.717, 1.165) is 44.6 Å². The highest BCUT2D eigenvalue weighted by atomic mass is 32.2. The zero-order valence-corrected chi connectivity index (χ0v) is 23.6. The van der Waals surface area contributed by atoms with Crippen LogP contribution >= 0.6 is 11.3 Å². The lowest BCUT2D eigenvalue weighted by atomic mass is 9.98. The van der Waals surface area contributed by atoms with E-state index < -0.39 is 10.0 Å². The van der Waals surface area contributed by atoms with E-state index in [1.807, 2.05) is 61.5 Å². The van der Waals surface area contributed by atoms with Crippen LogP contribution in [-0.2, 0) is 16.4 Å². The van der Waals surface area contributed by atoms with Crippen molar-refractivity contribution in [2.45, 2.75) is 18.2 Å². The largest absolute Gasteiger partial charge is 0.497 e. The van der Waals surface area contributed by atoms with Crippen molar-refractivity contribution >= 4 is 43.2 Å². The topological polar surface area (TPSA) is 137 Å². The molecule has 0 atom stereocenters. The smallest absolute Gasteiger partial charge is 0.263 e. The molecule has 2 aromatic heterocycles. The monoisotopic (exact) mass is 572 g/mol. The first-order chi connectivity index (χ1) is 19.1. The standard InChI is InChI=1S/C30H28N4O4S2/c1-18-3-7-20(8-4-18)24-17-25(21-9-11-22(38-2)12-10-21)34-30-26(24)27(31)28(39-30)29(35)33-16-15-19-5-13-23(14-6-19)40(32,36)37/h3-14,17H,15-16,31H2,1-2H3,(H,33,35)(H2,32,36,37). The highest BCUT2D eigenvalue weighted by molar-refractivity contribution is 7.89. The molecule has 0 aliphatic rings. The fourth-order valence-electron chi connectivity index (χ4n) is 4.41. The van der Waals surface area contributed by atoms with Crippen LogP contribution in [0.2, 0.25) is 0 Å². The van der Waals surface area contributed by atoms with E-state index in [-0.39, 0.29) is 10.8 Å². The molecule has 10 heteroatoms. The third-order valence-corrected chi connectivity index (χ3v) is 8.63. The van der Waals surface area contributed by atoms with Gasteiger partial charge in [0.1, 0.15) is 15.5 Å². The minimum absolute atomic E-state index is 0.0456. The number of rotatable bonds is 8. The van der Waals surface area contributed by atoms with Crippen LogP contribution in [0.5, 0.6) is 5.75 Å². The zero-order chi connectivity index (χ0) is 28.4. The molecule has 5 rings (SSSR count). The van der Waals surface area contributed by atoms with Gasteiger partial charge in [0.05, 0.1) is 23.4 Å². The Morgan fingerprint density at radius 3 is 2.25 bits per heavy atom. The molecule has 5 N–H and O–H groups in total. The van der Waals surface area contributed by atoms with Crippen LogP contribution in [0, 0.1) is 6.92 Å². The molecule has 0 aliphatic carbocycles. The number of hydrogen-bond donors (Lipinski definition) is 3. The van der Waals surface area contributed by atoms with Gasteiger partial charge in [-0.2, -0.15) is 0 Å². The summed E-state index contributed by atoms with van der Waals surface area (Å²) in [6.07, 6.45) is 0.510. The number of nitrogens with two attached hydrogens (primary N) is 2. The predicted molar refractivity (Wildman–Crippen MR) is 160 cm³/mol. The van der Waals surface area contributed by atoms with Crippen molar-refractivity contribution in [1.82, 2.24) is 10.3 Å². The molecule has 0 spiro atoms. The van der Waals surface area contributed by atoms with Crippen LogP contribution in [0.25, 0.3) is 32.6 Å². The number of nitrogen functional groups attached to an aromatic ring is 1. The third kappa shape index (κ3) is 5.69. The van der Waals surface area contributed by atoms with Crippen LogP contribution in [0.4, 0.5) is 5.69 Å². The second kappa shape index (κ2) is 11.1. The number of ether oxygens (including phenoxy) is 1. The number of aryl methyl sites for hydroxylation is 1. The number of anilines is 1. The Balaban J connectivity index is 1.46. The number of amides is 1. The minimum atomic E-state index is -3.75. The van der Waals surface area contributed by atoms with Gasteiger partial charge in [0.15, 0.2) is 0 Å². The van der Waals surface area contributed by atoms with Crippen LogP contribution < -0.4 is 20.9 Å². The molecule has 8 nitrogen and oxygen atoms in total. The Morgan fingerprint density at radius 2 is 1.62 bits per heavy atom. The van der Waals surface area contributed by atoms with E-state index in [1.165, 1.54) is 23.5 Å². The lowest BCUT2D eigenvalue weighted by Crippen LogP contribution is -2.25. The number of methoxy groups -OCH3 is 1. The number of nitrogens with one attached hydrogen (secondary N) is 1.